The smallest absolute Gasteiger partial charge is 0.207 e. The van der Waals surface area contributed by atoms with Gasteiger partial charge in [0, 0.05) is 17.0 Å². The Morgan fingerprint density at radius 3 is 2.69 bits per heavy atom. The summed E-state index contributed by atoms with van der Waals surface area (Å²) in [5.74, 6) is 1.75. The maximum absolute atomic E-state index is 5.83. The molecule has 0 radical (unpaired) electrons. The molecule has 3 nitrogen and oxygen atoms in total. The van der Waals surface area contributed by atoms with Gasteiger partial charge in [0.05, 0.1) is 0 Å². The SMILES string of the molecule is CC(C)(N)CSCc1nnc(Cl)s1. The molecule has 0 amide bonds. The predicted octanol–water partition coefficient (Wildman–Crippen LogP) is 2.16. The molecule has 1 aromatic rings. The van der Waals surface area contributed by atoms with Gasteiger partial charge in [0.1, 0.15) is 5.01 Å². The van der Waals surface area contributed by atoms with Gasteiger partial charge >= 0.3 is 0 Å². The maximum atomic E-state index is 5.83. The van der Waals surface area contributed by atoms with Crippen LogP contribution in [0, 0.1) is 0 Å². The van der Waals surface area contributed by atoms with E-state index in [2.05, 4.69) is 10.2 Å². The molecule has 0 aliphatic rings. The molecule has 0 bridgehead atoms. The molecule has 0 saturated carbocycles. The van der Waals surface area contributed by atoms with Gasteiger partial charge in [-0.25, -0.2) is 0 Å². The van der Waals surface area contributed by atoms with Gasteiger partial charge in [-0.15, -0.1) is 10.2 Å². The number of hydrogen-bond donors (Lipinski definition) is 1. The second kappa shape index (κ2) is 4.59. The van der Waals surface area contributed by atoms with E-state index in [1.165, 1.54) is 11.3 Å². The van der Waals surface area contributed by atoms with Crippen LogP contribution in [-0.2, 0) is 5.75 Å². The molecule has 0 saturated heterocycles. The molecule has 0 spiro atoms. The van der Waals surface area contributed by atoms with Crippen LogP contribution in [0.3, 0.4) is 0 Å². The topological polar surface area (TPSA) is 51.8 Å². The van der Waals surface area contributed by atoms with E-state index in [1.54, 1.807) is 11.8 Å². The second-order valence-electron chi connectivity index (χ2n) is 3.43. The zero-order chi connectivity index (χ0) is 9.90. The summed E-state index contributed by atoms with van der Waals surface area (Å²) in [6.07, 6.45) is 0. The lowest BCUT2D eigenvalue weighted by Gasteiger charge is -2.16. The van der Waals surface area contributed by atoms with E-state index in [0.29, 0.717) is 4.47 Å². The van der Waals surface area contributed by atoms with Crippen molar-refractivity contribution >= 4 is 34.7 Å². The Bertz CT molecular complexity index is 269. The quantitative estimate of drug-likeness (QED) is 0.872. The van der Waals surface area contributed by atoms with Crippen molar-refractivity contribution in [1.82, 2.24) is 10.2 Å². The van der Waals surface area contributed by atoms with Gasteiger partial charge in [0.2, 0.25) is 4.47 Å². The Hall–Kier alpha value is 0.160. The fourth-order valence-electron chi connectivity index (χ4n) is 0.693. The highest BCUT2D eigenvalue weighted by atomic mass is 35.5. The molecule has 0 atom stereocenters. The van der Waals surface area contributed by atoms with Crippen molar-refractivity contribution < 1.29 is 0 Å². The van der Waals surface area contributed by atoms with E-state index in [0.717, 1.165) is 16.5 Å². The highest BCUT2D eigenvalue weighted by molar-refractivity contribution is 7.98. The summed E-state index contributed by atoms with van der Waals surface area (Å²) in [6.45, 7) is 4.01. The molecular formula is C7H12ClN3S2. The number of thioether (sulfide) groups is 1. The summed E-state index contributed by atoms with van der Waals surface area (Å²) in [6, 6.07) is 0. The number of nitrogens with two attached hydrogens (primary N) is 1. The number of halogens is 1. The highest BCUT2D eigenvalue weighted by Crippen LogP contribution is 2.21. The first-order valence-electron chi connectivity index (χ1n) is 3.82. The number of nitrogens with zero attached hydrogens (tertiary/aromatic N) is 2. The number of aromatic nitrogens is 2. The zero-order valence-corrected chi connectivity index (χ0v) is 9.97. The molecule has 2 N–H and O–H groups in total. The molecule has 1 heterocycles. The minimum atomic E-state index is -0.126. The van der Waals surface area contributed by atoms with E-state index in [9.17, 15) is 0 Å². The fourth-order valence-corrected chi connectivity index (χ4v) is 2.70. The van der Waals surface area contributed by atoms with Crippen LogP contribution in [-0.4, -0.2) is 21.5 Å². The molecule has 6 heteroatoms. The third-order valence-corrected chi connectivity index (χ3v) is 3.77. The normalized spacial score (nSPS) is 12.0. The Labute approximate surface area is 91.1 Å². The molecule has 74 valence electrons. The number of rotatable bonds is 4. The zero-order valence-electron chi connectivity index (χ0n) is 7.58. The van der Waals surface area contributed by atoms with Crippen molar-refractivity contribution in [2.75, 3.05) is 5.75 Å². The van der Waals surface area contributed by atoms with E-state index in [1.807, 2.05) is 13.8 Å². The van der Waals surface area contributed by atoms with Crippen LogP contribution in [0.25, 0.3) is 0 Å². The molecule has 0 aliphatic heterocycles. The Kier molecular flexibility index (Phi) is 3.97. The van der Waals surface area contributed by atoms with E-state index < -0.39 is 0 Å². The summed E-state index contributed by atoms with van der Waals surface area (Å²) in [7, 11) is 0. The third-order valence-electron chi connectivity index (χ3n) is 1.14. The van der Waals surface area contributed by atoms with Gasteiger partial charge in [0.25, 0.3) is 0 Å². The van der Waals surface area contributed by atoms with Gasteiger partial charge in [-0.3, -0.25) is 0 Å². The standard InChI is InChI=1S/C7H12ClN3S2/c1-7(2,9)4-12-3-5-10-11-6(8)13-5/h3-4,9H2,1-2H3. The van der Waals surface area contributed by atoms with Crippen molar-refractivity contribution in [3.8, 4) is 0 Å². The van der Waals surface area contributed by atoms with Crippen molar-refractivity contribution in [2.45, 2.75) is 25.1 Å². The predicted molar refractivity (Wildman–Crippen MR) is 59.3 cm³/mol. The lowest BCUT2D eigenvalue weighted by atomic mass is 10.1. The first-order valence-corrected chi connectivity index (χ1v) is 6.17. The first-order chi connectivity index (χ1) is 5.97. The van der Waals surface area contributed by atoms with E-state index in [-0.39, 0.29) is 5.54 Å². The third kappa shape index (κ3) is 4.81. The molecule has 0 aromatic carbocycles. The van der Waals surface area contributed by atoms with E-state index >= 15 is 0 Å². The fraction of sp³-hybridized carbons (Fsp3) is 0.714. The average molecular weight is 238 g/mol. The molecule has 1 aromatic heterocycles. The van der Waals surface area contributed by atoms with Crippen molar-refractivity contribution in [3.63, 3.8) is 0 Å². The van der Waals surface area contributed by atoms with Crippen LogP contribution in [0.2, 0.25) is 4.47 Å². The minimum Gasteiger partial charge on any atom is -0.325 e. The van der Waals surface area contributed by atoms with Crippen LogP contribution >= 0.6 is 34.7 Å². The molecule has 0 aliphatic carbocycles. The van der Waals surface area contributed by atoms with Crippen LogP contribution in [0.4, 0.5) is 0 Å². The van der Waals surface area contributed by atoms with Gasteiger partial charge in [-0.2, -0.15) is 11.8 Å². The van der Waals surface area contributed by atoms with Gasteiger partial charge in [0.15, 0.2) is 0 Å². The molecule has 0 fully saturated rings. The van der Waals surface area contributed by atoms with Gasteiger partial charge in [-0.1, -0.05) is 11.3 Å². The summed E-state index contributed by atoms with van der Waals surface area (Å²) in [5, 5.41) is 8.59. The molecule has 1 rings (SSSR count). The lowest BCUT2D eigenvalue weighted by molar-refractivity contribution is 0.591. The average Bonchev–Trinajstić information content (AvgIpc) is 2.33. The second-order valence-corrected chi connectivity index (χ2v) is 6.06. The molecule has 0 unspecified atom stereocenters. The van der Waals surface area contributed by atoms with Crippen molar-refractivity contribution in [3.05, 3.63) is 9.47 Å². The highest BCUT2D eigenvalue weighted by Gasteiger charge is 2.11. The lowest BCUT2D eigenvalue weighted by Crippen LogP contribution is -2.34. The first kappa shape index (κ1) is 11.2. The van der Waals surface area contributed by atoms with Gasteiger partial charge in [-0.05, 0) is 25.4 Å². The van der Waals surface area contributed by atoms with E-state index in [4.69, 9.17) is 17.3 Å². The minimum absolute atomic E-state index is 0.126. The van der Waals surface area contributed by atoms with Crippen molar-refractivity contribution in [2.24, 2.45) is 5.73 Å². The molecular weight excluding hydrogens is 226 g/mol. The Morgan fingerprint density at radius 2 is 2.23 bits per heavy atom. The Morgan fingerprint density at radius 1 is 1.54 bits per heavy atom. The summed E-state index contributed by atoms with van der Waals surface area (Å²) < 4.78 is 0.502. The van der Waals surface area contributed by atoms with Crippen LogP contribution < -0.4 is 5.73 Å². The van der Waals surface area contributed by atoms with Crippen LogP contribution in [0.5, 0.6) is 0 Å². The largest absolute Gasteiger partial charge is 0.325 e. The summed E-state index contributed by atoms with van der Waals surface area (Å²) >= 11 is 8.81. The summed E-state index contributed by atoms with van der Waals surface area (Å²) in [4.78, 5) is 0. The maximum Gasteiger partial charge on any atom is 0.207 e. The van der Waals surface area contributed by atoms with Crippen LogP contribution in [0.15, 0.2) is 0 Å². The number of hydrogen-bond acceptors (Lipinski definition) is 5. The van der Waals surface area contributed by atoms with Gasteiger partial charge < -0.3 is 5.73 Å². The van der Waals surface area contributed by atoms with Crippen LogP contribution in [0.1, 0.15) is 18.9 Å². The Balaban J connectivity index is 2.28. The monoisotopic (exact) mass is 237 g/mol. The molecule has 13 heavy (non-hydrogen) atoms. The van der Waals surface area contributed by atoms with Crippen molar-refractivity contribution in [1.29, 1.82) is 0 Å². The summed E-state index contributed by atoms with van der Waals surface area (Å²) in [5.41, 5.74) is 5.70.